The number of carbonyl (C=O) groups is 5. The van der Waals surface area contributed by atoms with Gasteiger partial charge in [-0.05, 0) is 86.9 Å². The Labute approximate surface area is 369 Å². The number of ether oxygens (including phenoxy) is 2. The lowest BCUT2D eigenvalue weighted by atomic mass is 9.77. The minimum absolute atomic E-state index is 0.0465. The van der Waals surface area contributed by atoms with Crippen molar-refractivity contribution < 1.29 is 37.8 Å². The fourth-order valence-corrected chi connectivity index (χ4v) is 7.33. The molecule has 5 aromatic rings. The summed E-state index contributed by atoms with van der Waals surface area (Å²) in [4.78, 5) is 68.5. The van der Waals surface area contributed by atoms with Crippen molar-refractivity contribution in [1.29, 1.82) is 0 Å². The van der Waals surface area contributed by atoms with Crippen LogP contribution in [-0.4, -0.2) is 54.0 Å². The second-order valence-corrected chi connectivity index (χ2v) is 16.2. The smallest absolute Gasteiger partial charge is 0.408 e. The Morgan fingerprint density at radius 2 is 1.17 bits per heavy atom. The summed E-state index contributed by atoms with van der Waals surface area (Å²) in [6.07, 6.45) is 1.76. The fraction of sp³-hybridized carbons (Fsp3) is 0.288. The first kappa shape index (κ1) is 47.2. The molecule has 0 aliphatic rings. The Balaban J connectivity index is 1.43. The average Bonchev–Trinajstić information content (AvgIpc) is 3.27. The predicted octanol–water partition coefficient (Wildman–Crippen LogP) is 8.57. The normalized spacial score (nSPS) is 13.0. The molecular weight excluding hydrogens is 798 g/mol. The fourth-order valence-electron chi connectivity index (χ4n) is 7.33. The number of halogens is 1. The Hall–Kier alpha value is -6.88. The number of amides is 3. The van der Waals surface area contributed by atoms with Crippen molar-refractivity contribution in [2.45, 2.75) is 83.0 Å². The molecule has 0 aliphatic carbocycles. The number of hydrogen-bond donors (Lipinski definition) is 3. The highest BCUT2D eigenvalue weighted by atomic mass is 19.1. The Bertz CT molecular complexity index is 2180. The van der Waals surface area contributed by atoms with Crippen LogP contribution in [0, 0.1) is 11.7 Å². The first-order valence-corrected chi connectivity index (χ1v) is 21.2. The van der Waals surface area contributed by atoms with Crippen molar-refractivity contribution in [3.63, 3.8) is 0 Å². The zero-order valence-electron chi connectivity index (χ0n) is 36.2. The summed E-state index contributed by atoms with van der Waals surface area (Å²) in [6, 6.07) is 41.9. The molecular formula is C52H56FN3O7. The number of carbonyl (C=O) groups excluding carboxylic acids is 5. The first-order chi connectivity index (χ1) is 30.3. The van der Waals surface area contributed by atoms with E-state index in [2.05, 4.69) is 16.0 Å². The van der Waals surface area contributed by atoms with Gasteiger partial charge in [-0.2, -0.15) is 0 Å². The van der Waals surface area contributed by atoms with Gasteiger partial charge in [0.25, 0.3) is 0 Å². The summed E-state index contributed by atoms with van der Waals surface area (Å²) in [5, 5.41) is 9.02. The van der Waals surface area contributed by atoms with E-state index in [0.29, 0.717) is 5.56 Å². The van der Waals surface area contributed by atoms with Crippen LogP contribution in [-0.2, 0) is 47.0 Å². The molecule has 11 heteroatoms. The molecule has 0 unspecified atom stereocenters. The van der Waals surface area contributed by atoms with Crippen LogP contribution in [0.1, 0.15) is 74.8 Å². The number of alkyl carbamates (subject to hydrolysis) is 1. The van der Waals surface area contributed by atoms with Gasteiger partial charge in [-0.3, -0.25) is 14.4 Å². The molecule has 3 amide bonds. The molecule has 0 bridgehead atoms. The number of hydrogen-bond acceptors (Lipinski definition) is 7. The third-order valence-electron chi connectivity index (χ3n) is 10.3. The van der Waals surface area contributed by atoms with E-state index in [-0.39, 0.29) is 44.6 Å². The van der Waals surface area contributed by atoms with Crippen LogP contribution < -0.4 is 16.0 Å². The van der Waals surface area contributed by atoms with Gasteiger partial charge < -0.3 is 25.4 Å². The van der Waals surface area contributed by atoms with Gasteiger partial charge in [0.15, 0.2) is 5.78 Å². The molecule has 0 heterocycles. The lowest BCUT2D eigenvalue weighted by Crippen LogP contribution is -2.48. The molecule has 3 atom stereocenters. The predicted molar refractivity (Wildman–Crippen MR) is 241 cm³/mol. The van der Waals surface area contributed by atoms with Gasteiger partial charge in [0.1, 0.15) is 17.0 Å². The molecule has 0 aromatic heterocycles. The lowest BCUT2D eigenvalue weighted by Gasteiger charge is -2.37. The van der Waals surface area contributed by atoms with E-state index in [1.807, 2.05) is 121 Å². The second kappa shape index (κ2) is 22.8. The van der Waals surface area contributed by atoms with Gasteiger partial charge in [0.05, 0.1) is 12.6 Å². The van der Waals surface area contributed by atoms with Crippen LogP contribution in [0.2, 0.25) is 0 Å². The van der Waals surface area contributed by atoms with E-state index in [4.69, 9.17) is 9.47 Å². The van der Waals surface area contributed by atoms with Crippen molar-refractivity contribution >= 4 is 29.7 Å². The van der Waals surface area contributed by atoms with Crippen molar-refractivity contribution in [2.24, 2.45) is 5.92 Å². The quantitative estimate of drug-likeness (QED) is 0.0405. The first-order valence-electron chi connectivity index (χ1n) is 21.2. The average molecular weight is 854 g/mol. The SMILES string of the molecule is CCOC(=O)/C=C/[C@H](CCC(=O)NC(c1ccccc1)(c1ccccc1)c1ccccc1)NC(=O)[C@@H](CC(=O)[C@H](Cc1ccccc1)NC(=O)OC(C)(C)C)Cc1ccc(F)cc1. The van der Waals surface area contributed by atoms with Crippen LogP contribution in [0.5, 0.6) is 0 Å². The summed E-state index contributed by atoms with van der Waals surface area (Å²) in [7, 11) is 0. The summed E-state index contributed by atoms with van der Waals surface area (Å²) in [6.45, 7) is 6.95. The molecule has 3 N–H and O–H groups in total. The van der Waals surface area contributed by atoms with Crippen molar-refractivity contribution in [3.05, 3.63) is 191 Å². The van der Waals surface area contributed by atoms with Gasteiger partial charge in [0, 0.05) is 30.9 Å². The highest BCUT2D eigenvalue weighted by Gasteiger charge is 2.38. The van der Waals surface area contributed by atoms with Crippen LogP contribution in [0.3, 0.4) is 0 Å². The zero-order chi connectivity index (χ0) is 45.2. The molecule has 5 aromatic carbocycles. The second-order valence-electron chi connectivity index (χ2n) is 16.2. The topological polar surface area (TPSA) is 140 Å². The zero-order valence-corrected chi connectivity index (χ0v) is 36.2. The Kier molecular flexibility index (Phi) is 17.1. The number of esters is 1. The molecule has 10 nitrogen and oxygen atoms in total. The third-order valence-corrected chi connectivity index (χ3v) is 10.3. The van der Waals surface area contributed by atoms with Gasteiger partial charge >= 0.3 is 12.1 Å². The highest BCUT2D eigenvalue weighted by Crippen LogP contribution is 2.37. The minimum atomic E-state index is -1.08. The monoisotopic (exact) mass is 853 g/mol. The molecule has 63 heavy (non-hydrogen) atoms. The van der Waals surface area contributed by atoms with E-state index >= 15 is 0 Å². The van der Waals surface area contributed by atoms with Gasteiger partial charge in [0.2, 0.25) is 11.8 Å². The van der Waals surface area contributed by atoms with Gasteiger partial charge in [-0.1, -0.05) is 140 Å². The van der Waals surface area contributed by atoms with Gasteiger partial charge in [-0.25, -0.2) is 14.0 Å². The molecule has 5 rings (SSSR count). The number of Topliss-reactive ketones (excluding diaryl/α,β-unsaturated/α-hetero) is 1. The minimum Gasteiger partial charge on any atom is -0.463 e. The number of nitrogens with one attached hydrogen (secondary N) is 3. The van der Waals surface area contributed by atoms with Gasteiger partial charge in [-0.15, -0.1) is 0 Å². The van der Waals surface area contributed by atoms with E-state index in [0.717, 1.165) is 22.3 Å². The number of rotatable bonds is 20. The maximum atomic E-state index is 14.5. The van der Waals surface area contributed by atoms with Crippen LogP contribution in [0.15, 0.2) is 158 Å². The van der Waals surface area contributed by atoms with Crippen LogP contribution in [0.4, 0.5) is 9.18 Å². The van der Waals surface area contributed by atoms with Crippen molar-refractivity contribution in [1.82, 2.24) is 16.0 Å². The number of benzene rings is 5. The Morgan fingerprint density at radius 3 is 1.68 bits per heavy atom. The van der Waals surface area contributed by atoms with E-state index in [9.17, 15) is 28.4 Å². The maximum absolute atomic E-state index is 14.5. The van der Waals surface area contributed by atoms with Crippen molar-refractivity contribution in [3.8, 4) is 0 Å². The molecule has 0 radical (unpaired) electrons. The summed E-state index contributed by atoms with van der Waals surface area (Å²) in [5.74, 6) is -3.40. The van der Waals surface area contributed by atoms with Crippen LogP contribution >= 0.6 is 0 Å². The van der Waals surface area contributed by atoms with E-state index in [1.54, 1.807) is 39.8 Å². The molecule has 0 fully saturated rings. The highest BCUT2D eigenvalue weighted by molar-refractivity contribution is 5.92. The summed E-state index contributed by atoms with van der Waals surface area (Å²) in [5.41, 5.74) is 1.98. The van der Waals surface area contributed by atoms with Crippen LogP contribution in [0.25, 0.3) is 0 Å². The standard InChI is InChI=1S/C52H56FN3O7/c1-5-62-48(59)33-31-44(30-32-47(58)56-52(40-20-12-7-13-21-40,41-22-14-8-15-23-41)42-24-16-9-17-25-42)54-49(60)39(34-38-26-28-43(53)29-27-38)36-46(57)45(35-37-18-10-6-11-19-37)55-50(61)63-51(2,3)4/h6-29,31,33,39,44-45H,5,30,32,34-36H2,1-4H3,(H,54,60)(H,55,61)(H,56,58)/b33-31+/t39-,44+,45+/m1/s1. The lowest BCUT2D eigenvalue weighted by molar-refractivity contribution is -0.137. The van der Waals surface area contributed by atoms with E-state index in [1.165, 1.54) is 24.3 Å². The Morgan fingerprint density at radius 1 is 0.667 bits per heavy atom. The third kappa shape index (κ3) is 14.3. The number of ketones is 1. The molecule has 0 aliphatic heterocycles. The molecule has 0 saturated carbocycles. The van der Waals surface area contributed by atoms with Crippen molar-refractivity contribution in [2.75, 3.05) is 6.61 Å². The maximum Gasteiger partial charge on any atom is 0.408 e. The molecule has 0 saturated heterocycles. The summed E-state index contributed by atoms with van der Waals surface area (Å²) < 4.78 is 24.6. The molecule has 0 spiro atoms. The summed E-state index contributed by atoms with van der Waals surface area (Å²) >= 11 is 0. The molecule has 328 valence electrons. The largest absolute Gasteiger partial charge is 0.463 e. The van der Waals surface area contributed by atoms with E-state index < -0.39 is 58.7 Å².